The van der Waals surface area contributed by atoms with Crippen molar-refractivity contribution in [3.8, 4) is 5.75 Å². The number of hydrogen-bond donors (Lipinski definition) is 1. The van der Waals surface area contributed by atoms with E-state index in [4.69, 9.17) is 16.3 Å². The molecule has 0 atom stereocenters. The van der Waals surface area contributed by atoms with Gasteiger partial charge in [-0.3, -0.25) is 4.79 Å². The summed E-state index contributed by atoms with van der Waals surface area (Å²) in [6, 6.07) is 5.22. The number of hydrogen-bond acceptors (Lipinski definition) is 3. The predicted molar refractivity (Wildman–Crippen MR) is 73.1 cm³/mol. The topological polar surface area (TPSA) is 50.7 Å². The standard InChI is InChI=1S/C13H15ClN2O2/c1-3-4-7-15-16-13(17)9-18-12-6-5-11(14)8-10(12)2/h3-8H,9H2,1-2H3,(H,16,17)/b4-3+,15-7+. The summed E-state index contributed by atoms with van der Waals surface area (Å²) < 4.78 is 5.35. The van der Waals surface area contributed by atoms with Crippen LogP contribution in [0.1, 0.15) is 12.5 Å². The quantitative estimate of drug-likeness (QED) is 0.658. The highest BCUT2D eigenvalue weighted by atomic mass is 35.5. The van der Waals surface area contributed by atoms with Crippen LogP contribution in [0, 0.1) is 6.92 Å². The minimum absolute atomic E-state index is 0.0876. The number of amides is 1. The zero-order valence-corrected chi connectivity index (χ0v) is 11.1. The molecule has 0 saturated heterocycles. The molecule has 0 aliphatic heterocycles. The van der Waals surface area contributed by atoms with Gasteiger partial charge < -0.3 is 4.74 Å². The lowest BCUT2D eigenvalue weighted by molar-refractivity contribution is -0.123. The zero-order valence-electron chi connectivity index (χ0n) is 10.3. The molecule has 0 radical (unpaired) electrons. The van der Waals surface area contributed by atoms with Crippen LogP contribution in [0.2, 0.25) is 5.02 Å². The number of rotatable bonds is 5. The van der Waals surface area contributed by atoms with Gasteiger partial charge in [-0.2, -0.15) is 5.10 Å². The number of nitrogens with zero attached hydrogens (tertiary/aromatic N) is 1. The number of carbonyl (C=O) groups excluding carboxylic acids is 1. The van der Waals surface area contributed by atoms with Crippen LogP contribution in [0.3, 0.4) is 0 Å². The van der Waals surface area contributed by atoms with Crippen molar-refractivity contribution in [2.45, 2.75) is 13.8 Å². The Morgan fingerprint density at radius 3 is 3.00 bits per heavy atom. The number of aryl methyl sites for hydroxylation is 1. The average molecular weight is 267 g/mol. The molecule has 0 unspecified atom stereocenters. The number of carbonyl (C=O) groups is 1. The molecule has 0 heterocycles. The SMILES string of the molecule is C/C=C/C=N/NC(=O)COc1ccc(Cl)cc1C. The highest BCUT2D eigenvalue weighted by Crippen LogP contribution is 2.21. The summed E-state index contributed by atoms with van der Waals surface area (Å²) in [5, 5.41) is 4.34. The van der Waals surface area contributed by atoms with Gasteiger partial charge in [0.1, 0.15) is 5.75 Å². The van der Waals surface area contributed by atoms with Crippen LogP contribution in [0.5, 0.6) is 5.75 Å². The van der Waals surface area contributed by atoms with Crippen LogP contribution in [-0.4, -0.2) is 18.7 Å². The Balaban J connectivity index is 2.42. The normalized spacial score (nSPS) is 11.1. The zero-order chi connectivity index (χ0) is 13.4. The van der Waals surface area contributed by atoms with Gasteiger partial charge in [-0.05, 0) is 43.7 Å². The van der Waals surface area contributed by atoms with Crippen LogP contribution in [-0.2, 0) is 4.79 Å². The molecule has 18 heavy (non-hydrogen) atoms. The summed E-state index contributed by atoms with van der Waals surface area (Å²) in [6.45, 7) is 3.64. The van der Waals surface area contributed by atoms with E-state index in [1.807, 2.05) is 19.9 Å². The van der Waals surface area contributed by atoms with E-state index < -0.39 is 0 Å². The second-order valence-electron chi connectivity index (χ2n) is 3.54. The summed E-state index contributed by atoms with van der Waals surface area (Å²) in [6.07, 6.45) is 5.01. The van der Waals surface area contributed by atoms with E-state index in [0.717, 1.165) is 5.56 Å². The molecule has 0 fully saturated rings. The fourth-order valence-electron chi connectivity index (χ4n) is 1.19. The fourth-order valence-corrected chi connectivity index (χ4v) is 1.42. The van der Waals surface area contributed by atoms with Gasteiger partial charge in [0.05, 0.1) is 0 Å². The van der Waals surface area contributed by atoms with Crippen LogP contribution in [0.25, 0.3) is 0 Å². The molecule has 1 aromatic rings. The van der Waals surface area contributed by atoms with Gasteiger partial charge in [-0.25, -0.2) is 5.43 Å². The molecule has 96 valence electrons. The third-order valence-corrected chi connectivity index (χ3v) is 2.27. The number of allylic oxidation sites excluding steroid dienone is 2. The van der Waals surface area contributed by atoms with Crippen molar-refractivity contribution in [3.05, 3.63) is 40.9 Å². The molecular formula is C13H15ClN2O2. The first-order valence-corrected chi connectivity index (χ1v) is 5.83. The molecule has 1 aromatic carbocycles. The summed E-state index contributed by atoms with van der Waals surface area (Å²) in [7, 11) is 0. The van der Waals surface area contributed by atoms with Crippen LogP contribution in [0.15, 0.2) is 35.5 Å². The lowest BCUT2D eigenvalue weighted by Gasteiger charge is -2.07. The van der Waals surface area contributed by atoms with Crippen molar-refractivity contribution in [1.29, 1.82) is 0 Å². The highest BCUT2D eigenvalue weighted by molar-refractivity contribution is 6.30. The van der Waals surface area contributed by atoms with E-state index in [-0.39, 0.29) is 12.5 Å². The summed E-state index contributed by atoms with van der Waals surface area (Å²) in [5.41, 5.74) is 3.23. The number of halogens is 1. The predicted octanol–water partition coefficient (Wildman–Crippen LogP) is 2.71. The van der Waals surface area contributed by atoms with Gasteiger partial charge in [-0.1, -0.05) is 17.7 Å². The van der Waals surface area contributed by atoms with Gasteiger partial charge in [0.25, 0.3) is 5.91 Å². The number of ether oxygens (including phenoxy) is 1. The molecule has 0 spiro atoms. The summed E-state index contributed by atoms with van der Waals surface area (Å²) in [4.78, 5) is 11.4. The van der Waals surface area contributed by atoms with E-state index in [0.29, 0.717) is 10.8 Å². The highest BCUT2D eigenvalue weighted by Gasteiger charge is 2.04. The van der Waals surface area contributed by atoms with Crippen molar-refractivity contribution in [3.63, 3.8) is 0 Å². The molecule has 0 saturated carbocycles. The number of nitrogens with one attached hydrogen (secondary N) is 1. The van der Waals surface area contributed by atoms with Gasteiger partial charge in [0.2, 0.25) is 0 Å². The lowest BCUT2D eigenvalue weighted by Crippen LogP contribution is -2.24. The largest absolute Gasteiger partial charge is 0.483 e. The summed E-state index contributed by atoms with van der Waals surface area (Å²) >= 11 is 5.82. The Hall–Kier alpha value is -1.81. The van der Waals surface area contributed by atoms with Crippen molar-refractivity contribution in [2.75, 3.05) is 6.61 Å². The lowest BCUT2D eigenvalue weighted by atomic mass is 10.2. The van der Waals surface area contributed by atoms with Gasteiger partial charge in [0.15, 0.2) is 6.61 Å². The number of hydrazone groups is 1. The number of benzene rings is 1. The Morgan fingerprint density at radius 1 is 1.56 bits per heavy atom. The van der Waals surface area contributed by atoms with Crippen LogP contribution >= 0.6 is 11.6 Å². The van der Waals surface area contributed by atoms with E-state index in [1.54, 1.807) is 24.3 Å². The maximum Gasteiger partial charge on any atom is 0.277 e. The van der Waals surface area contributed by atoms with Crippen molar-refractivity contribution < 1.29 is 9.53 Å². The first kappa shape index (κ1) is 14.3. The van der Waals surface area contributed by atoms with Gasteiger partial charge in [-0.15, -0.1) is 0 Å². The molecule has 1 N–H and O–H groups in total. The van der Waals surface area contributed by atoms with E-state index in [2.05, 4.69) is 10.5 Å². The van der Waals surface area contributed by atoms with Crippen molar-refractivity contribution in [2.24, 2.45) is 5.10 Å². The second-order valence-corrected chi connectivity index (χ2v) is 3.97. The molecule has 0 aromatic heterocycles. The molecule has 5 heteroatoms. The third kappa shape index (κ3) is 5.01. The smallest absolute Gasteiger partial charge is 0.277 e. The van der Waals surface area contributed by atoms with Gasteiger partial charge >= 0.3 is 0 Å². The Labute approximate surface area is 111 Å². The summed E-state index contributed by atoms with van der Waals surface area (Å²) in [5.74, 6) is 0.317. The monoisotopic (exact) mass is 266 g/mol. The Bertz CT molecular complexity index is 470. The molecule has 4 nitrogen and oxygen atoms in total. The molecular weight excluding hydrogens is 252 g/mol. The van der Waals surface area contributed by atoms with Crippen LogP contribution < -0.4 is 10.2 Å². The minimum Gasteiger partial charge on any atom is -0.483 e. The van der Waals surface area contributed by atoms with E-state index in [9.17, 15) is 4.79 Å². The van der Waals surface area contributed by atoms with Crippen LogP contribution in [0.4, 0.5) is 0 Å². The molecule has 1 amide bonds. The van der Waals surface area contributed by atoms with Crippen molar-refractivity contribution in [1.82, 2.24) is 5.43 Å². The average Bonchev–Trinajstić information content (AvgIpc) is 2.33. The molecule has 1 rings (SSSR count). The third-order valence-electron chi connectivity index (χ3n) is 2.04. The first-order chi connectivity index (χ1) is 8.63. The van der Waals surface area contributed by atoms with E-state index >= 15 is 0 Å². The maximum absolute atomic E-state index is 11.4. The van der Waals surface area contributed by atoms with Gasteiger partial charge in [0, 0.05) is 11.2 Å². The Morgan fingerprint density at radius 2 is 2.33 bits per heavy atom. The second kappa shape index (κ2) is 7.50. The van der Waals surface area contributed by atoms with Crippen molar-refractivity contribution >= 4 is 23.7 Å². The Kier molecular flexibility index (Phi) is 5.94. The fraction of sp³-hybridized carbons (Fsp3) is 0.231. The molecule has 0 bridgehead atoms. The minimum atomic E-state index is -0.315. The molecule has 0 aliphatic carbocycles. The first-order valence-electron chi connectivity index (χ1n) is 5.45. The maximum atomic E-state index is 11.4. The van der Waals surface area contributed by atoms with E-state index in [1.165, 1.54) is 6.21 Å². The molecule has 0 aliphatic rings.